The fourth-order valence-electron chi connectivity index (χ4n) is 4.20. The van der Waals surface area contributed by atoms with Crippen LogP contribution >= 0.6 is 0 Å². The number of aromatic nitrogens is 4. The van der Waals surface area contributed by atoms with Crippen LogP contribution in [0.25, 0.3) is 22.0 Å². The number of hydrogen-bond donors (Lipinski definition) is 0. The number of piperidine rings is 1. The lowest BCUT2D eigenvalue weighted by molar-refractivity contribution is 0.0391. The first-order valence-electron chi connectivity index (χ1n) is 9.86. The standard InChI is InChI=1S/C22H28N6/c1-15-20(10-11-27(4)22(15,2)3)28(5)21-9-8-19(25-26-21)16-6-7-17-13-23-24-14-18(17)12-16/h6-9,12-15,20H,10-11H2,1-5H3. The molecule has 2 unspecified atom stereocenters. The molecule has 1 fully saturated rings. The van der Waals surface area contributed by atoms with Crippen LogP contribution in [0, 0.1) is 5.92 Å². The van der Waals surface area contributed by atoms with Crippen molar-refractivity contribution in [3.8, 4) is 11.3 Å². The van der Waals surface area contributed by atoms with Gasteiger partial charge in [0.2, 0.25) is 0 Å². The molecule has 6 heteroatoms. The number of fused-ring (bicyclic) bond motifs is 1. The molecule has 6 nitrogen and oxygen atoms in total. The number of likely N-dealkylation sites (tertiary alicyclic amines) is 1. The second kappa shape index (κ2) is 7.09. The lowest BCUT2D eigenvalue weighted by atomic mass is 9.77. The van der Waals surface area contributed by atoms with Gasteiger partial charge >= 0.3 is 0 Å². The molecule has 0 N–H and O–H groups in total. The summed E-state index contributed by atoms with van der Waals surface area (Å²) < 4.78 is 0. The summed E-state index contributed by atoms with van der Waals surface area (Å²) in [7, 11) is 4.36. The van der Waals surface area contributed by atoms with E-state index in [2.05, 4.69) is 89.3 Å². The first kappa shape index (κ1) is 18.7. The first-order chi connectivity index (χ1) is 13.4. The molecule has 0 radical (unpaired) electrons. The van der Waals surface area contributed by atoms with Gasteiger partial charge in [0.15, 0.2) is 5.82 Å². The Labute approximate surface area is 166 Å². The Morgan fingerprint density at radius 1 is 1.04 bits per heavy atom. The van der Waals surface area contributed by atoms with Crippen molar-refractivity contribution in [2.24, 2.45) is 5.92 Å². The molecule has 0 amide bonds. The van der Waals surface area contributed by atoms with E-state index < -0.39 is 0 Å². The normalized spacial score (nSPS) is 22.3. The number of anilines is 1. The highest BCUT2D eigenvalue weighted by atomic mass is 15.3. The van der Waals surface area contributed by atoms with Crippen molar-refractivity contribution in [2.45, 2.75) is 38.8 Å². The Balaban J connectivity index is 1.57. The van der Waals surface area contributed by atoms with Crippen LogP contribution in [-0.2, 0) is 0 Å². The molecule has 1 aliphatic rings. The van der Waals surface area contributed by atoms with Crippen molar-refractivity contribution in [3.05, 3.63) is 42.7 Å². The molecule has 0 bridgehead atoms. The molecule has 146 valence electrons. The van der Waals surface area contributed by atoms with Gasteiger partial charge in [-0.2, -0.15) is 10.2 Å². The van der Waals surface area contributed by atoms with E-state index in [0.717, 1.165) is 40.8 Å². The number of benzene rings is 1. The predicted octanol–water partition coefficient (Wildman–Crippen LogP) is 3.64. The van der Waals surface area contributed by atoms with E-state index in [0.29, 0.717) is 12.0 Å². The van der Waals surface area contributed by atoms with Crippen LogP contribution in [0.3, 0.4) is 0 Å². The second-order valence-corrected chi connectivity index (χ2v) is 8.44. The van der Waals surface area contributed by atoms with E-state index in [1.54, 1.807) is 12.4 Å². The monoisotopic (exact) mass is 376 g/mol. The lowest BCUT2D eigenvalue weighted by Crippen LogP contribution is -2.59. The molecule has 2 atom stereocenters. The Hall–Kier alpha value is -2.60. The molecule has 3 aromatic rings. The number of nitrogens with zero attached hydrogens (tertiary/aromatic N) is 6. The lowest BCUT2D eigenvalue weighted by Gasteiger charge is -2.51. The molecule has 2 aromatic heterocycles. The third-order valence-corrected chi connectivity index (χ3v) is 6.79. The zero-order valence-corrected chi connectivity index (χ0v) is 17.3. The summed E-state index contributed by atoms with van der Waals surface area (Å²) in [5.41, 5.74) is 2.07. The third-order valence-electron chi connectivity index (χ3n) is 6.79. The molecular formula is C22H28N6. The second-order valence-electron chi connectivity index (χ2n) is 8.44. The molecule has 1 aliphatic heterocycles. The minimum Gasteiger partial charge on any atom is -0.355 e. The van der Waals surface area contributed by atoms with E-state index >= 15 is 0 Å². The molecular weight excluding hydrogens is 348 g/mol. The van der Waals surface area contributed by atoms with Crippen LogP contribution in [0.4, 0.5) is 5.82 Å². The Kier molecular flexibility index (Phi) is 4.75. The molecule has 0 spiro atoms. The molecule has 0 aliphatic carbocycles. The van der Waals surface area contributed by atoms with E-state index in [1.807, 2.05) is 6.07 Å². The summed E-state index contributed by atoms with van der Waals surface area (Å²) in [6, 6.07) is 10.8. The summed E-state index contributed by atoms with van der Waals surface area (Å²) >= 11 is 0. The smallest absolute Gasteiger partial charge is 0.151 e. The van der Waals surface area contributed by atoms with Gasteiger partial charge in [0.1, 0.15) is 0 Å². The highest BCUT2D eigenvalue weighted by Crippen LogP contribution is 2.35. The molecule has 3 heterocycles. The van der Waals surface area contributed by atoms with Gasteiger partial charge in [0.05, 0.1) is 18.1 Å². The van der Waals surface area contributed by atoms with Crippen LogP contribution in [0.5, 0.6) is 0 Å². The fourth-order valence-corrected chi connectivity index (χ4v) is 4.20. The Bertz CT molecular complexity index is 968. The van der Waals surface area contributed by atoms with Crippen molar-refractivity contribution < 1.29 is 0 Å². The summed E-state index contributed by atoms with van der Waals surface area (Å²) in [6.45, 7) is 8.10. The molecule has 4 rings (SSSR count). The largest absolute Gasteiger partial charge is 0.355 e. The minimum absolute atomic E-state index is 0.165. The van der Waals surface area contributed by atoms with E-state index in [1.165, 1.54) is 0 Å². The molecule has 28 heavy (non-hydrogen) atoms. The summed E-state index contributed by atoms with van der Waals surface area (Å²) in [4.78, 5) is 4.76. The van der Waals surface area contributed by atoms with Gasteiger partial charge in [-0.25, -0.2) is 0 Å². The predicted molar refractivity (Wildman–Crippen MR) is 113 cm³/mol. The van der Waals surface area contributed by atoms with Crippen LogP contribution < -0.4 is 4.90 Å². The maximum atomic E-state index is 4.55. The summed E-state index contributed by atoms with van der Waals surface area (Å²) in [5.74, 6) is 1.45. The highest BCUT2D eigenvalue weighted by molar-refractivity contribution is 5.85. The van der Waals surface area contributed by atoms with Gasteiger partial charge in [0.25, 0.3) is 0 Å². The van der Waals surface area contributed by atoms with Crippen molar-refractivity contribution in [2.75, 3.05) is 25.5 Å². The fraction of sp³-hybridized carbons (Fsp3) is 0.455. The summed E-state index contributed by atoms with van der Waals surface area (Å²) in [6.07, 6.45) is 4.68. The molecule has 0 saturated carbocycles. The first-order valence-corrected chi connectivity index (χ1v) is 9.86. The van der Waals surface area contributed by atoms with Crippen molar-refractivity contribution in [1.29, 1.82) is 0 Å². The maximum Gasteiger partial charge on any atom is 0.151 e. The van der Waals surface area contributed by atoms with Crippen LogP contribution in [-0.4, -0.2) is 57.5 Å². The van der Waals surface area contributed by atoms with Gasteiger partial charge in [-0.1, -0.05) is 19.1 Å². The van der Waals surface area contributed by atoms with Crippen LogP contribution in [0.2, 0.25) is 0 Å². The highest BCUT2D eigenvalue weighted by Gasteiger charge is 2.41. The van der Waals surface area contributed by atoms with Gasteiger partial charge in [0, 0.05) is 41.5 Å². The van der Waals surface area contributed by atoms with Crippen molar-refractivity contribution >= 4 is 16.6 Å². The number of rotatable bonds is 3. The quantitative estimate of drug-likeness (QED) is 0.696. The van der Waals surface area contributed by atoms with Gasteiger partial charge < -0.3 is 9.80 Å². The van der Waals surface area contributed by atoms with Gasteiger partial charge in [-0.3, -0.25) is 0 Å². The van der Waals surface area contributed by atoms with Crippen molar-refractivity contribution in [3.63, 3.8) is 0 Å². The van der Waals surface area contributed by atoms with Gasteiger partial charge in [-0.05, 0) is 51.4 Å². The zero-order chi connectivity index (χ0) is 19.9. The van der Waals surface area contributed by atoms with E-state index in [4.69, 9.17) is 0 Å². The minimum atomic E-state index is 0.165. The SMILES string of the molecule is CC1C(N(C)c2ccc(-c3ccc4cnncc4c3)nn2)CCN(C)C1(C)C. The average Bonchev–Trinajstić information content (AvgIpc) is 2.72. The van der Waals surface area contributed by atoms with Crippen LogP contribution in [0.15, 0.2) is 42.7 Å². The van der Waals surface area contributed by atoms with Gasteiger partial charge in [-0.15, -0.1) is 10.2 Å². The topological polar surface area (TPSA) is 58.0 Å². The van der Waals surface area contributed by atoms with E-state index in [9.17, 15) is 0 Å². The van der Waals surface area contributed by atoms with Crippen LogP contribution in [0.1, 0.15) is 27.2 Å². The Morgan fingerprint density at radius 3 is 2.50 bits per heavy atom. The maximum absolute atomic E-state index is 4.55. The third kappa shape index (κ3) is 3.22. The zero-order valence-electron chi connectivity index (χ0n) is 17.3. The molecule has 1 aromatic carbocycles. The average molecular weight is 377 g/mol. The van der Waals surface area contributed by atoms with Crippen molar-refractivity contribution in [1.82, 2.24) is 25.3 Å². The van der Waals surface area contributed by atoms with E-state index in [-0.39, 0.29) is 5.54 Å². The summed E-state index contributed by atoms with van der Waals surface area (Å²) in [5, 5.41) is 19.1. The Morgan fingerprint density at radius 2 is 1.79 bits per heavy atom. The number of hydrogen-bond acceptors (Lipinski definition) is 6. The molecule has 1 saturated heterocycles.